The van der Waals surface area contributed by atoms with Crippen LogP contribution in [0, 0.1) is 38.5 Å². The largest absolute Gasteiger partial charge is 0.488 e. The monoisotopic (exact) mass is 520 g/mol. The molecule has 1 aliphatic heterocycles. The second-order valence-corrected chi connectivity index (χ2v) is 13.2. The summed E-state index contributed by atoms with van der Waals surface area (Å²) in [6, 6.07) is 10.4. The van der Waals surface area contributed by atoms with Crippen molar-refractivity contribution < 1.29 is 9.47 Å². The maximum absolute atomic E-state index is 6.82. The lowest BCUT2D eigenvalue weighted by Crippen LogP contribution is -2.37. The van der Waals surface area contributed by atoms with E-state index in [4.69, 9.17) is 9.47 Å². The molecule has 0 fully saturated rings. The van der Waals surface area contributed by atoms with Gasteiger partial charge in [-0.1, -0.05) is 103 Å². The van der Waals surface area contributed by atoms with Crippen LogP contribution in [0.3, 0.4) is 0 Å². The summed E-state index contributed by atoms with van der Waals surface area (Å²) in [6.45, 7) is 19.1. The van der Waals surface area contributed by atoms with E-state index < -0.39 is 0 Å². The Morgan fingerprint density at radius 1 is 0.789 bits per heavy atom. The number of rotatable bonds is 15. The van der Waals surface area contributed by atoms with E-state index >= 15 is 0 Å². The van der Waals surface area contributed by atoms with Crippen LogP contribution >= 0.6 is 0 Å². The Labute approximate surface area is 234 Å². The SMILES string of the molecule is Cc1c(C)c2c(c(C)c1OCc1ccccc1)CC[C@](C)(CCC[C@H](C)CCC[C@H](C)CCCC(C)C)O2. The number of benzene rings is 2. The van der Waals surface area contributed by atoms with Crippen molar-refractivity contribution in [3.8, 4) is 11.5 Å². The van der Waals surface area contributed by atoms with Crippen molar-refractivity contribution in [3.63, 3.8) is 0 Å². The number of ether oxygens (including phenoxy) is 2. The van der Waals surface area contributed by atoms with Gasteiger partial charge in [-0.3, -0.25) is 0 Å². The van der Waals surface area contributed by atoms with Crippen LogP contribution < -0.4 is 9.47 Å². The quantitative estimate of drug-likeness (QED) is 0.232. The van der Waals surface area contributed by atoms with E-state index in [1.54, 1.807) is 0 Å². The van der Waals surface area contributed by atoms with Crippen LogP contribution in [0.5, 0.6) is 11.5 Å². The molecule has 0 bridgehead atoms. The highest BCUT2D eigenvalue weighted by Crippen LogP contribution is 2.45. The summed E-state index contributed by atoms with van der Waals surface area (Å²) < 4.78 is 13.2. The molecule has 1 heterocycles. The van der Waals surface area contributed by atoms with E-state index in [9.17, 15) is 0 Å². The lowest BCUT2D eigenvalue weighted by atomic mass is 9.83. The Morgan fingerprint density at radius 3 is 2.03 bits per heavy atom. The molecule has 2 aromatic rings. The van der Waals surface area contributed by atoms with Gasteiger partial charge in [0, 0.05) is 5.56 Å². The molecule has 1 aliphatic rings. The van der Waals surface area contributed by atoms with Gasteiger partial charge in [0.1, 0.15) is 23.7 Å². The minimum atomic E-state index is -0.0618. The molecule has 0 unspecified atom stereocenters. The minimum absolute atomic E-state index is 0.0618. The fourth-order valence-electron chi connectivity index (χ4n) is 6.21. The van der Waals surface area contributed by atoms with Crippen LogP contribution in [0.1, 0.15) is 127 Å². The topological polar surface area (TPSA) is 18.5 Å². The van der Waals surface area contributed by atoms with Gasteiger partial charge in [-0.25, -0.2) is 0 Å². The average molecular weight is 521 g/mol. The predicted molar refractivity (Wildman–Crippen MR) is 163 cm³/mol. The van der Waals surface area contributed by atoms with Crippen molar-refractivity contribution in [3.05, 3.63) is 58.1 Å². The van der Waals surface area contributed by atoms with Gasteiger partial charge < -0.3 is 9.47 Å². The molecule has 0 radical (unpaired) electrons. The van der Waals surface area contributed by atoms with Crippen LogP contribution in [0.2, 0.25) is 0 Å². The number of fused-ring (bicyclic) bond motifs is 1. The summed E-state index contributed by atoms with van der Waals surface area (Å²) >= 11 is 0. The summed E-state index contributed by atoms with van der Waals surface area (Å²) in [6.07, 6.45) is 14.2. The third-order valence-electron chi connectivity index (χ3n) is 9.06. The van der Waals surface area contributed by atoms with E-state index in [1.807, 2.05) is 0 Å². The van der Waals surface area contributed by atoms with Crippen LogP contribution in [0.4, 0.5) is 0 Å². The Bertz CT molecular complexity index is 992. The van der Waals surface area contributed by atoms with Crippen molar-refractivity contribution in [2.75, 3.05) is 0 Å². The van der Waals surface area contributed by atoms with Crippen LogP contribution in [-0.4, -0.2) is 5.60 Å². The fraction of sp³-hybridized carbons (Fsp3) is 0.667. The van der Waals surface area contributed by atoms with Gasteiger partial charge in [0.15, 0.2) is 0 Å². The molecule has 2 heteroatoms. The highest BCUT2D eigenvalue weighted by molar-refractivity contribution is 5.59. The first kappa shape index (κ1) is 30.6. The first-order chi connectivity index (χ1) is 18.1. The zero-order valence-corrected chi connectivity index (χ0v) is 25.9. The van der Waals surface area contributed by atoms with Crippen LogP contribution in [0.15, 0.2) is 30.3 Å². The van der Waals surface area contributed by atoms with E-state index in [0.29, 0.717) is 6.61 Å². The molecule has 0 saturated carbocycles. The normalized spacial score (nSPS) is 18.7. The molecule has 3 rings (SSSR count). The maximum Gasteiger partial charge on any atom is 0.127 e. The summed E-state index contributed by atoms with van der Waals surface area (Å²) in [5.74, 6) is 4.71. The van der Waals surface area contributed by atoms with Gasteiger partial charge in [0.25, 0.3) is 0 Å². The second-order valence-electron chi connectivity index (χ2n) is 13.2. The van der Waals surface area contributed by atoms with Gasteiger partial charge >= 0.3 is 0 Å². The van der Waals surface area contributed by atoms with Gasteiger partial charge in [0.2, 0.25) is 0 Å². The molecule has 3 atom stereocenters. The molecular formula is C36H56O2. The minimum Gasteiger partial charge on any atom is -0.488 e. The van der Waals surface area contributed by atoms with E-state index in [0.717, 1.165) is 48.5 Å². The molecule has 2 nitrogen and oxygen atoms in total. The van der Waals surface area contributed by atoms with E-state index in [2.05, 4.69) is 85.7 Å². The highest BCUT2D eigenvalue weighted by Gasteiger charge is 2.34. The molecule has 0 aliphatic carbocycles. The Kier molecular flexibility index (Phi) is 11.6. The zero-order valence-electron chi connectivity index (χ0n) is 25.9. The Hall–Kier alpha value is -1.96. The fourth-order valence-corrected chi connectivity index (χ4v) is 6.21. The van der Waals surface area contributed by atoms with Crippen LogP contribution in [-0.2, 0) is 13.0 Å². The first-order valence-electron chi connectivity index (χ1n) is 15.6. The standard InChI is InChI=1S/C36H56O2/c1-26(2)15-12-16-27(3)17-13-18-28(4)19-14-23-36(8)24-22-33-31(7)34(29(5)30(6)35(33)38-36)37-25-32-20-10-9-11-21-32/h9-11,20-21,26-28H,12-19,22-25H2,1-8H3/t27-,28-,36+/m1/s1. The van der Waals surface area contributed by atoms with Crippen molar-refractivity contribution >= 4 is 0 Å². The van der Waals surface area contributed by atoms with Crippen molar-refractivity contribution in [1.82, 2.24) is 0 Å². The molecule has 0 aromatic heterocycles. The van der Waals surface area contributed by atoms with E-state index in [-0.39, 0.29) is 5.60 Å². The lowest BCUT2D eigenvalue weighted by Gasteiger charge is -2.38. The van der Waals surface area contributed by atoms with Crippen molar-refractivity contribution in [1.29, 1.82) is 0 Å². The Morgan fingerprint density at radius 2 is 1.39 bits per heavy atom. The molecule has 0 saturated heterocycles. The molecular weight excluding hydrogens is 464 g/mol. The lowest BCUT2D eigenvalue weighted by molar-refractivity contribution is 0.0511. The summed E-state index contributed by atoms with van der Waals surface area (Å²) in [5.41, 5.74) is 6.21. The maximum atomic E-state index is 6.82. The van der Waals surface area contributed by atoms with Gasteiger partial charge in [0.05, 0.1) is 0 Å². The molecule has 212 valence electrons. The molecule has 0 spiro atoms. The molecule has 0 N–H and O–H groups in total. The first-order valence-corrected chi connectivity index (χ1v) is 15.6. The highest BCUT2D eigenvalue weighted by atomic mass is 16.5. The summed E-state index contributed by atoms with van der Waals surface area (Å²) in [4.78, 5) is 0. The summed E-state index contributed by atoms with van der Waals surface area (Å²) in [7, 11) is 0. The van der Waals surface area contributed by atoms with Gasteiger partial charge in [-0.15, -0.1) is 0 Å². The predicted octanol–water partition coefficient (Wildman–Crippen LogP) is 10.7. The third kappa shape index (κ3) is 8.78. The zero-order chi connectivity index (χ0) is 27.7. The van der Waals surface area contributed by atoms with Crippen molar-refractivity contribution in [2.24, 2.45) is 17.8 Å². The second kappa shape index (κ2) is 14.4. The number of hydrogen-bond acceptors (Lipinski definition) is 2. The summed E-state index contributed by atoms with van der Waals surface area (Å²) in [5, 5.41) is 0. The number of hydrogen-bond donors (Lipinski definition) is 0. The molecule has 0 amide bonds. The van der Waals surface area contributed by atoms with E-state index in [1.165, 1.54) is 79.2 Å². The smallest absolute Gasteiger partial charge is 0.127 e. The molecule has 2 aromatic carbocycles. The van der Waals surface area contributed by atoms with Crippen LogP contribution in [0.25, 0.3) is 0 Å². The molecule has 38 heavy (non-hydrogen) atoms. The Balaban J connectivity index is 1.48. The van der Waals surface area contributed by atoms with Crippen molar-refractivity contribution in [2.45, 2.75) is 138 Å². The van der Waals surface area contributed by atoms with Gasteiger partial charge in [-0.2, -0.15) is 0 Å². The van der Waals surface area contributed by atoms with Gasteiger partial charge in [-0.05, 0) is 93.4 Å². The average Bonchev–Trinajstić information content (AvgIpc) is 2.87. The third-order valence-corrected chi connectivity index (χ3v) is 9.06.